The average Bonchev–Trinajstić information content (AvgIpc) is 3.84. The topological polar surface area (TPSA) is 74.7 Å². The number of hydrogen-bond acceptors (Lipinski definition) is 6. The van der Waals surface area contributed by atoms with Gasteiger partial charge in [0, 0.05) is 42.1 Å². The summed E-state index contributed by atoms with van der Waals surface area (Å²) in [6.07, 6.45) is 8.42. The second-order valence-corrected chi connectivity index (χ2v) is 12.9. The zero-order valence-electron chi connectivity index (χ0n) is 25.6. The van der Waals surface area contributed by atoms with E-state index in [0.29, 0.717) is 36.0 Å². The standard InChI is InChI=1S/C36H43FN2O4/c1-21-6-5-7-22(2)39(21)20-28-16-26(12-14-29(28)30-18-34(42-4)38-19-31(30)37)32-15-13-24-8-11-27(17-33(24)43-32)35(25-9-10-25)23(3)36(40)41/h8,11-12,14,16-19,21-23,25,32,35H,5-7,9-10,13,15,20H2,1-4H3,(H,40,41)/p-1/t21-,22-,23+,32?,35+/m1/s1. The molecule has 7 heteroatoms. The van der Waals surface area contributed by atoms with Crippen LogP contribution in [0.2, 0.25) is 0 Å². The number of ether oxygens (including phenoxy) is 2. The molecule has 2 aliphatic heterocycles. The highest BCUT2D eigenvalue weighted by Crippen LogP contribution is 2.48. The highest BCUT2D eigenvalue weighted by atomic mass is 19.1. The van der Waals surface area contributed by atoms with E-state index in [1.54, 1.807) is 20.1 Å². The normalized spacial score (nSPS) is 23.6. The average molecular weight is 586 g/mol. The van der Waals surface area contributed by atoms with Crippen molar-refractivity contribution in [3.63, 3.8) is 0 Å². The molecule has 3 aromatic rings. The number of carbonyl (C=O) groups is 1. The molecule has 3 aliphatic rings. The van der Waals surface area contributed by atoms with E-state index in [0.717, 1.165) is 72.1 Å². The number of carbonyl (C=O) groups excluding carboxylic acids is 1. The van der Waals surface area contributed by atoms with Crippen LogP contribution in [-0.2, 0) is 17.8 Å². The van der Waals surface area contributed by atoms with Crippen LogP contribution in [-0.4, -0.2) is 35.0 Å². The first-order valence-electron chi connectivity index (χ1n) is 15.8. The lowest BCUT2D eigenvalue weighted by Crippen LogP contribution is -2.43. The van der Waals surface area contributed by atoms with Crippen LogP contribution in [0, 0.1) is 17.7 Å². The Morgan fingerprint density at radius 2 is 1.84 bits per heavy atom. The molecule has 0 radical (unpaired) electrons. The predicted molar refractivity (Wildman–Crippen MR) is 162 cm³/mol. The molecule has 0 N–H and O–H groups in total. The minimum Gasteiger partial charge on any atom is -0.550 e. The quantitative estimate of drug-likeness (QED) is 0.282. The van der Waals surface area contributed by atoms with E-state index in [9.17, 15) is 9.90 Å². The van der Waals surface area contributed by atoms with Gasteiger partial charge < -0.3 is 19.4 Å². The van der Waals surface area contributed by atoms with Crippen molar-refractivity contribution in [3.05, 3.63) is 76.7 Å². The molecule has 6 nitrogen and oxygen atoms in total. The first-order valence-corrected chi connectivity index (χ1v) is 15.8. The first kappa shape index (κ1) is 29.6. The van der Waals surface area contributed by atoms with E-state index < -0.39 is 11.9 Å². The summed E-state index contributed by atoms with van der Waals surface area (Å²) in [5, 5.41) is 11.8. The van der Waals surface area contributed by atoms with Crippen molar-refractivity contribution in [1.82, 2.24) is 9.88 Å². The number of nitrogens with zero attached hydrogens (tertiary/aromatic N) is 2. The molecule has 1 aromatic heterocycles. The zero-order chi connectivity index (χ0) is 30.2. The Morgan fingerprint density at radius 1 is 1.07 bits per heavy atom. The number of aryl methyl sites for hydroxylation is 1. The molecule has 0 bridgehead atoms. The van der Waals surface area contributed by atoms with Crippen LogP contribution >= 0.6 is 0 Å². The number of rotatable bonds is 9. The number of pyridine rings is 1. The van der Waals surface area contributed by atoms with Gasteiger partial charge in [-0.1, -0.05) is 43.7 Å². The molecule has 1 unspecified atom stereocenters. The van der Waals surface area contributed by atoms with Crippen molar-refractivity contribution in [3.8, 4) is 22.8 Å². The van der Waals surface area contributed by atoms with Gasteiger partial charge >= 0.3 is 0 Å². The van der Waals surface area contributed by atoms with Crippen LogP contribution in [0.15, 0.2) is 48.7 Å². The van der Waals surface area contributed by atoms with Crippen LogP contribution < -0.4 is 14.6 Å². The Kier molecular flexibility index (Phi) is 8.45. The van der Waals surface area contributed by atoms with Crippen LogP contribution in [0.4, 0.5) is 4.39 Å². The van der Waals surface area contributed by atoms with Crippen molar-refractivity contribution in [2.24, 2.45) is 11.8 Å². The smallest absolute Gasteiger partial charge is 0.213 e. The second kappa shape index (κ2) is 12.3. The molecular weight excluding hydrogens is 543 g/mol. The Morgan fingerprint density at radius 3 is 2.53 bits per heavy atom. The van der Waals surface area contributed by atoms with Gasteiger partial charge in [0.25, 0.3) is 0 Å². The van der Waals surface area contributed by atoms with E-state index in [4.69, 9.17) is 9.47 Å². The van der Waals surface area contributed by atoms with E-state index in [1.165, 1.54) is 12.6 Å². The number of halogens is 1. The van der Waals surface area contributed by atoms with E-state index in [2.05, 4.69) is 54.1 Å². The largest absolute Gasteiger partial charge is 0.550 e. The highest BCUT2D eigenvalue weighted by Gasteiger charge is 2.37. The van der Waals surface area contributed by atoms with Crippen LogP contribution in [0.1, 0.15) is 93.6 Å². The predicted octanol–water partition coefficient (Wildman–Crippen LogP) is 6.61. The summed E-state index contributed by atoms with van der Waals surface area (Å²) in [6, 6.07) is 15.1. The summed E-state index contributed by atoms with van der Waals surface area (Å²) in [4.78, 5) is 18.4. The van der Waals surface area contributed by atoms with Gasteiger partial charge in [-0.25, -0.2) is 9.37 Å². The van der Waals surface area contributed by atoms with E-state index >= 15 is 4.39 Å². The van der Waals surface area contributed by atoms with Crippen molar-refractivity contribution in [1.29, 1.82) is 0 Å². The lowest BCUT2D eigenvalue weighted by Gasteiger charge is -2.39. The number of hydrogen-bond donors (Lipinski definition) is 0. The summed E-state index contributed by atoms with van der Waals surface area (Å²) in [5.41, 5.74) is 5.62. The minimum atomic E-state index is -0.998. The van der Waals surface area contributed by atoms with Gasteiger partial charge in [-0.3, -0.25) is 4.90 Å². The van der Waals surface area contributed by atoms with Gasteiger partial charge in [0.2, 0.25) is 5.88 Å². The molecule has 6 rings (SSSR count). The maximum Gasteiger partial charge on any atom is 0.213 e. The van der Waals surface area contributed by atoms with Gasteiger partial charge in [-0.2, -0.15) is 0 Å². The van der Waals surface area contributed by atoms with Gasteiger partial charge in [-0.05, 0) is 98.1 Å². The molecule has 5 atom stereocenters. The second-order valence-electron chi connectivity index (χ2n) is 12.9. The number of likely N-dealkylation sites (tertiary alicyclic amines) is 1. The first-order chi connectivity index (χ1) is 20.7. The molecule has 0 spiro atoms. The lowest BCUT2D eigenvalue weighted by atomic mass is 9.82. The summed E-state index contributed by atoms with van der Waals surface area (Å²) in [5.74, 6) is -0.391. The molecule has 1 aliphatic carbocycles. The highest BCUT2D eigenvalue weighted by molar-refractivity contribution is 5.70. The van der Waals surface area contributed by atoms with E-state index in [1.807, 2.05) is 6.07 Å². The third-order valence-corrected chi connectivity index (χ3v) is 10.0. The Hall–Kier alpha value is -3.45. The summed E-state index contributed by atoms with van der Waals surface area (Å²) >= 11 is 0. The number of aromatic nitrogens is 1. The van der Waals surface area contributed by atoms with Crippen LogP contribution in [0.3, 0.4) is 0 Å². The lowest BCUT2D eigenvalue weighted by molar-refractivity contribution is -0.311. The molecule has 228 valence electrons. The number of carboxylic acid groups (broad SMARTS) is 1. The maximum atomic E-state index is 15.2. The van der Waals surface area contributed by atoms with Gasteiger partial charge in [0.1, 0.15) is 17.7 Å². The van der Waals surface area contributed by atoms with Crippen molar-refractivity contribution < 1.29 is 23.8 Å². The molecule has 3 heterocycles. The number of carboxylic acids is 1. The van der Waals surface area contributed by atoms with Crippen molar-refractivity contribution in [2.75, 3.05) is 7.11 Å². The summed E-state index contributed by atoms with van der Waals surface area (Å²) < 4.78 is 27.2. The van der Waals surface area contributed by atoms with Crippen molar-refractivity contribution in [2.45, 2.75) is 96.4 Å². The molecule has 43 heavy (non-hydrogen) atoms. The Balaban J connectivity index is 1.34. The van der Waals surface area contributed by atoms with Crippen LogP contribution in [0.25, 0.3) is 11.1 Å². The Bertz CT molecular complexity index is 1480. The molecule has 1 saturated carbocycles. The third-order valence-electron chi connectivity index (χ3n) is 10.0. The number of methoxy groups -OCH3 is 1. The molecular formula is C36H42FN2O4-. The monoisotopic (exact) mass is 585 g/mol. The zero-order valence-corrected chi connectivity index (χ0v) is 25.6. The fourth-order valence-electron chi connectivity index (χ4n) is 7.33. The minimum absolute atomic E-state index is 0.0639. The molecule has 1 saturated heterocycles. The fraction of sp³-hybridized carbons (Fsp3) is 0.500. The van der Waals surface area contributed by atoms with Crippen LogP contribution in [0.5, 0.6) is 11.6 Å². The number of fused-ring (bicyclic) bond motifs is 1. The fourth-order valence-corrected chi connectivity index (χ4v) is 7.33. The van der Waals surface area contributed by atoms with E-state index in [-0.39, 0.29) is 17.8 Å². The summed E-state index contributed by atoms with van der Waals surface area (Å²) in [7, 11) is 1.54. The number of aliphatic carboxylic acids is 1. The molecule has 0 amide bonds. The van der Waals surface area contributed by atoms with Gasteiger partial charge in [0.05, 0.1) is 13.3 Å². The summed E-state index contributed by atoms with van der Waals surface area (Å²) in [6.45, 7) is 7.04. The van der Waals surface area contributed by atoms with Gasteiger partial charge in [-0.15, -0.1) is 0 Å². The molecule has 2 fully saturated rings. The molecule has 2 aromatic carbocycles. The Labute approximate surface area is 254 Å². The third kappa shape index (κ3) is 6.14. The maximum absolute atomic E-state index is 15.2. The number of piperidine rings is 1. The van der Waals surface area contributed by atoms with Crippen molar-refractivity contribution >= 4 is 5.97 Å². The SMILES string of the molecule is COc1cc(-c2ccc(C3CCc4ccc([C@H](C5CC5)[C@H](C)C(=O)[O-])cc4O3)cc2CN2[C@H](C)CCC[C@H]2C)c(F)cn1. The number of benzene rings is 2. The van der Waals surface area contributed by atoms with Gasteiger partial charge in [0.15, 0.2) is 0 Å².